The third kappa shape index (κ3) is 4.77. The fraction of sp³-hybridized carbons (Fsp3) is 0. The van der Waals surface area contributed by atoms with E-state index in [2.05, 4.69) is 26.6 Å². The number of carbonyl (C=O) groups excluding carboxylic acids is 3. The second-order valence-electron chi connectivity index (χ2n) is 5.45. The molecule has 2 N–H and O–H groups in total. The highest BCUT2D eigenvalue weighted by Gasteiger charge is 2.18. The van der Waals surface area contributed by atoms with E-state index >= 15 is 0 Å². The lowest BCUT2D eigenvalue weighted by atomic mass is 10.2. The van der Waals surface area contributed by atoms with Crippen molar-refractivity contribution in [3.8, 4) is 0 Å². The summed E-state index contributed by atoms with van der Waals surface area (Å²) in [7, 11) is 0. The van der Waals surface area contributed by atoms with Crippen molar-refractivity contribution in [1.82, 2.24) is 5.32 Å². The number of furan rings is 2. The average Bonchev–Trinajstić information content (AvgIpc) is 3.33. The molecule has 28 heavy (non-hydrogen) atoms. The molecule has 142 valence electrons. The van der Waals surface area contributed by atoms with Crippen LogP contribution in [0.2, 0.25) is 0 Å². The first-order valence-electron chi connectivity index (χ1n) is 7.87. The number of aromatic carboxylic acids is 1. The van der Waals surface area contributed by atoms with E-state index in [-0.39, 0.29) is 22.7 Å². The van der Waals surface area contributed by atoms with Gasteiger partial charge in [0.1, 0.15) is 11.5 Å². The molecule has 0 unspecified atom stereocenters. The molecule has 2 heterocycles. The van der Waals surface area contributed by atoms with Crippen molar-refractivity contribution < 1.29 is 28.3 Å². The summed E-state index contributed by atoms with van der Waals surface area (Å²) in [4.78, 5) is 36.0. The highest BCUT2D eigenvalue weighted by molar-refractivity contribution is 9.10. The molecule has 0 aliphatic rings. The first-order chi connectivity index (χ1) is 13.4. The summed E-state index contributed by atoms with van der Waals surface area (Å²) in [5.41, 5.74) is -0.0165. The molecule has 1 aromatic carbocycles. The summed E-state index contributed by atoms with van der Waals surface area (Å²) >= 11 is 3.10. The van der Waals surface area contributed by atoms with Crippen molar-refractivity contribution in [2.45, 2.75) is 0 Å². The second kappa shape index (κ2) is 8.40. The number of anilines is 1. The Labute approximate surface area is 167 Å². The molecule has 0 radical (unpaired) electrons. The van der Waals surface area contributed by atoms with Gasteiger partial charge in [0.25, 0.3) is 11.8 Å². The molecule has 2 aromatic heterocycles. The molecule has 3 aromatic rings. The van der Waals surface area contributed by atoms with Gasteiger partial charge in [-0.3, -0.25) is 9.59 Å². The molecule has 3 rings (SSSR count). The zero-order valence-electron chi connectivity index (χ0n) is 14.1. The van der Waals surface area contributed by atoms with Crippen LogP contribution in [0, 0.1) is 0 Å². The van der Waals surface area contributed by atoms with Gasteiger partial charge in [0.05, 0.1) is 12.2 Å². The minimum absolute atomic E-state index is 0.0102. The zero-order chi connectivity index (χ0) is 20.1. The minimum atomic E-state index is -1.38. The Morgan fingerprint density at radius 1 is 1.07 bits per heavy atom. The molecule has 9 heteroatoms. The maximum absolute atomic E-state index is 12.7. The average molecular weight is 444 g/mol. The Kier molecular flexibility index (Phi) is 5.75. The quantitative estimate of drug-likeness (QED) is 0.563. The summed E-state index contributed by atoms with van der Waals surface area (Å²) in [5, 5.41) is 15.9. The van der Waals surface area contributed by atoms with Crippen molar-refractivity contribution in [2.24, 2.45) is 0 Å². The Hall–Kier alpha value is -3.59. The number of benzene rings is 1. The maximum Gasteiger partial charge on any atom is 0.291 e. The number of rotatable bonds is 6. The van der Waals surface area contributed by atoms with Crippen LogP contribution >= 0.6 is 15.9 Å². The molecule has 0 aliphatic heterocycles. The molecule has 8 nitrogen and oxygen atoms in total. The minimum Gasteiger partial charge on any atom is -0.545 e. The van der Waals surface area contributed by atoms with E-state index < -0.39 is 17.8 Å². The number of halogens is 1. The summed E-state index contributed by atoms with van der Waals surface area (Å²) in [6.45, 7) is 0. The maximum atomic E-state index is 12.7. The van der Waals surface area contributed by atoms with Crippen LogP contribution in [0.15, 0.2) is 74.0 Å². The van der Waals surface area contributed by atoms with Crippen LogP contribution < -0.4 is 15.7 Å². The van der Waals surface area contributed by atoms with Gasteiger partial charge >= 0.3 is 0 Å². The van der Waals surface area contributed by atoms with Gasteiger partial charge in [0.15, 0.2) is 10.4 Å². The van der Waals surface area contributed by atoms with Crippen LogP contribution in [-0.2, 0) is 4.79 Å². The molecule has 0 saturated carbocycles. The molecule has 0 aliphatic carbocycles. The molecule has 0 saturated heterocycles. The number of amides is 2. The molecule has 0 spiro atoms. The zero-order valence-corrected chi connectivity index (χ0v) is 15.7. The summed E-state index contributed by atoms with van der Waals surface area (Å²) in [5.74, 6) is -2.40. The van der Waals surface area contributed by atoms with Crippen molar-refractivity contribution in [3.63, 3.8) is 0 Å². The van der Waals surface area contributed by atoms with Crippen LogP contribution in [0.3, 0.4) is 0 Å². The van der Waals surface area contributed by atoms with E-state index in [1.807, 2.05) is 0 Å². The summed E-state index contributed by atoms with van der Waals surface area (Å²) in [6, 6.07) is 11.7. The standard InChI is InChI=1S/C19H13BrN2O6/c20-16-7-6-15(28-16)18(24)22-14(10-13-5-2-8-27-13)17(23)21-12-4-1-3-11(9-12)19(25)26/h1-10H,(H,21,23)(H,22,24)(H,25,26)/p-1/b14-10-. The van der Waals surface area contributed by atoms with E-state index in [1.165, 1.54) is 48.7 Å². The molecule has 0 bridgehead atoms. The number of hydrogen-bond donors (Lipinski definition) is 2. The smallest absolute Gasteiger partial charge is 0.291 e. The number of nitrogens with one attached hydrogen (secondary N) is 2. The van der Waals surface area contributed by atoms with Gasteiger partial charge in [0, 0.05) is 11.8 Å². The van der Waals surface area contributed by atoms with Crippen molar-refractivity contribution in [1.29, 1.82) is 0 Å². The largest absolute Gasteiger partial charge is 0.545 e. The Bertz CT molecular complexity index is 1050. The van der Waals surface area contributed by atoms with E-state index in [0.29, 0.717) is 10.4 Å². The van der Waals surface area contributed by atoms with E-state index in [9.17, 15) is 19.5 Å². The van der Waals surface area contributed by atoms with Crippen LogP contribution in [0.5, 0.6) is 0 Å². The van der Waals surface area contributed by atoms with Crippen LogP contribution in [0.25, 0.3) is 6.08 Å². The molecule has 0 atom stereocenters. The highest BCUT2D eigenvalue weighted by Crippen LogP contribution is 2.16. The van der Waals surface area contributed by atoms with Crippen molar-refractivity contribution >= 4 is 45.5 Å². The Morgan fingerprint density at radius 2 is 1.89 bits per heavy atom. The van der Waals surface area contributed by atoms with Crippen molar-refractivity contribution in [2.75, 3.05) is 5.32 Å². The lowest BCUT2D eigenvalue weighted by Crippen LogP contribution is -2.30. The van der Waals surface area contributed by atoms with Gasteiger partial charge in [-0.05, 0) is 57.9 Å². The lowest BCUT2D eigenvalue weighted by Gasteiger charge is -2.11. The summed E-state index contributed by atoms with van der Waals surface area (Å²) in [6.07, 6.45) is 2.74. The van der Waals surface area contributed by atoms with Gasteiger partial charge in [-0.25, -0.2) is 0 Å². The summed E-state index contributed by atoms with van der Waals surface area (Å²) < 4.78 is 10.7. The van der Waals surface area contributed by atoms with Gasteiger partial charge in [-0.2, -0.15) is 0 Å². The SMILES string of the molecule is O=C(Nc1cccc(C(=O)[O-])c1)/C(=C/c1ccco1)NC(=O)c1ccc(Br)o1. The van der Waals surface area contributed by atoms with Crippen LogP contribution in [0.1, 0.15) is 26.7 Å². The number of hydrogen-bond acceptors (Lipinski definition) is 6. The van der Waals surface area contributed by atoms with Gasteiger partial charge in [-0.1, -0.05) is 12.1 Å². The number of carboxylic acid groups (broad SMARTS) is 1. The first-order valence-corrected chi connectivity index (χ1v) is 8.66. The molecular formula is C19H12BrN2O6-. The Balaban J connectivity index is 1.84. The van der Waals surface area contributed by atoms with Gasteiger partial charge in [-0.15, -0.1) is 0 Å². The van der Waals surface area contributed by atoms with Gasteiger partial charge < -0.3 is 29.4 Å². The van der Waals surface area contributed by atoms with E-state index in [0.717, 1.165) is 0 Å². The van der Waals surface area contributed by atoms with E-state index in [1.54, 1.807) is 12.1 Å². The predicted octanol–water partition coefficient (Wildman–Crippen LogP) is 2.41. The first kappa shape index (κ1) is 19.2. The third-order valence-electron chi connectivity index (χ3n) is 3.48. The topological polar surface area (TPSA) is 125 Å². The van der Waals surface area contributed by atoms with Gasteiger partial charge in [0.2, 0.25) is 0 Å². The predicted molar refractivity (Wildman–Crippen MR) is 100.0 cm³/mol. The highest BCUT2D eigenvalue weighted by atomic mass is 79.9. The molecular weight excluding hydrogens is 432 g/mol. The number of carboxylic acids is 1. The lowest BCUT2D eigenvalue weighted by molar-refractivity contribution is -0.255. The normalized spacial score (nSPS) is 11.1. The third-order valence-corrected chi connectivity index (χ3v) is 3.90. The number of carbonyl (C=O) groups is 3. The molecule has 0 fully saturated rings. The fourth-order valence-electron chi connectivity index (χ4n) is 2.22. The fourth-order valence-corrected chi connectivity index (χ4v) is 2.52. The van der Waals surface area contributed by atoms with Crippen molar-refractivity contribution in [3.05, 3.63) is 82.2 Å². The van der Waals surface area contributed by atoms with Crippen LogP contribution in [0.4, 0.5) is 5.69 Å². The Morgan fingerprint density at radius 3 is 2.54 bits per heavy atom. The molecule has 2 amide bonds. The monoisotopic (exact) mass is 443 g/mol. The van der Waals surface area contributed by atoms with Crippen LogP contribution in [-0.4, -0.2) is 17.8 Å². The van der Waals surface area contributed by atoms with E-state index in [4.69, 9.17) is 8.83 Å². The second-order valence-corrected chi connectivity index (χ2v) is 6.24.